The van der Waals surface area contributed by atoms with E-state index in [0.717, 1.165) is 22.2 Å². The number of benzene rings is 2. The number of fused-ring (bicyclic) bond motifs is 1. The number of aryl methyl sites for hydroxylation is 2. The molecule has 7 heteroatoms. The van der Waals surface area contributed by atoms with Gasteiger partial charge in [-0.25, -0.2) is 14.2 Å². The minimum atomic E-state index is -0.340. The minimum absolute atomic E-state index is 0.102. The molecule has 0 aliphatic heterocycles. The van der Waals surface area contributed by atoms with Crippen molar-refractivity contribution in [1.29, 1.82) is 0 Å². The number of imidazole rings is 2. The lowest BCUT2D eigenvalue weighted by Crippen LogP contribution is -2.19. The molecule has 0 spiro atoms. The lowest BCUT2D eigenvalue weighted by atomic mass is 10.0. The second-order valence-corrected chi connectivity index (χ2v) is 7.13. The SMILES string of the molecule is Cn1c(=O)n(C)c2cc(-c3nc(-c4cccnc4)[nH]c3-c3ccccc3F)ccc21. The summed E-state index contributed by atoms with van der Waals surface area (Å²) in [6, 6.07) is 16.0. The molecule has 0 saturated carbocycles. The average Bonchev–Trinajstić information content (AvgIpc) is 3.31. The van der Waals surface area contributed by atoms with Gasteiger partial charge in [0.2, 0.25) is 0 Å². The summed E-state index contributed by atoms with van der Waals surface area (Å²) < 4.78 is 17.8. The Morgan fingerprint density at radius 2 is 1.73 bits per heavy atom. The first-order valence-corrected chi connectivity index (χ1v) is 9.45. The number of aromatic amines is 1. The van der Waals surface area contributed by atoms with Crippen LogP contribution < -0.4 is 5.69 Å². The summed E-state index contributed by atoms with van der Waals surface area (Å²) in [4.78, 5) is 24.5. The lowest BCUT2D eigenvalue weighted by molar-refractivity contribution is 0.631. The van der Waals surface area contributed by atoms with Crippen molar-refractivity contribution in [3.05, 3.63) is 83.3 Å². The number of H-pyrrole nitrogens is 1. The molecule has 3 heterocycles. The van der Waals surface area contributed by atoms with E-state index >= 15 is 0 Å². The van der Waals surface area contributed by atoms with Crippen LogP contribution in [0.1, 0.15) is 0 Å². The van der Waals surface area contributed by atoms with Gasteiger partial charge >= 0.3 is 5.69 Å². The zero-order chi connectivity index (χ0) is 20.8. The summed E-state index contributed by atoms with van der Waals surface area (Å²) in [5.41, 5.74) is 4.70. The Morgan fingerprint density at radius 3 is 2.50 bits per heavy atom. The maximum Gasteiger partial charge on any atom is 0.328 e. The monoisotopic (exact) mass is 399 g/mol. The Kier molecular flexibility index (Phi) is 4.10. The van der Waals surface area contributed by atoms with Gasteiger partial charge in [-0.1, -0.05) is 18.2 Å². The molecule has 2 aromatic carbocycles. The van der Waals surface area contributed by atoms with Crippen LogP contribution in [-0.4, -0.2) is 24.1 Å². The zero-order valence-electron chi connectivity index (χ0n) is 16.4. The van der Waals surface area contributed by atoms with Crippen molar-refractivity contribution >= 4 is 11.0 Å². The number of hydrogen-bond acceptors (Lipinski definition) is 3. The van der Waals surface area contributed by atoms with Crippen molar-refractivity contribution in [2.24, 2.45) is 14.1 Å². The highest BCUT2D eigenvalue weighted by Gasteiger charge is 2.19. The molecule has 1 N–H and O–H groups in total. The van der Waals surface area contributed by atoms with Gasteiger partial charge in [-0.15, -0.1) is 0 Å². The van der Waals surface area contributed by atoms with E-state index in [4.69, 9.17) is 4.98 Å². The molecule has 0 fully saturated rings. The van der Waals surface area contributed by atoms with Gasteiger partial charge in [0.25, 0.3) is 0 Å². The summed E-state index contributed by atoms with van der Waals surface area (Å²) >= 11 is 0. The maximum absolute atomic E-state index is 14.6. The molecule has 148 valence electrons. The van der Waals surface area contributed by atoms with Gasteiger partial charge in [0.05, 0.1) is 22.4 Å². The number of nitrogens with zero attached hydrogens (tertiary/aromatic N) is 4. The summed E-state index contributed by atoms with van der Waals surface area (Å²) in [5.74, 6) is 0.256. The molecule has 0 amide bonds. The first-order chi connectivity index (χ1) is 14.5. The summed E-state index contributed by atoms with van der Waals surface area (Å²) in [6.45, 7) is 0. The number of hydrogen-bond donors (Lipinski definition) is 1. The third-order valence-corrected chi connectivity index (χ3v) is 5.33. The molecule has 0 atom stereocenters. The third-order valence-electron chi connectivity index (χ3n) is 5.33. The summed E-state index contributed by atoms with van der Waals surface area (Å²) in [5, 5.41) is 0. The van der Waals surface area contributed by atoms with Gasteiger partial charge < -0.3 is 4.98 Å². The van der Waals surface area contributed by atoms with Crippen molar-refractivity contribution in [1.82, 2.24) is 24.1 Å². The van der Waals surface area contributed by atoms with E-state index in [1.807, 2.05) is 30.3 Å². The molecular formula is C23H18FN5O. The Morgan fingerprint density at radius 1 is 0.933 bits per heavy atom. The second-order valence-electron chi connectivity index (χ2n) is 7.13. The minimum Gasteiger partial charge on any atom is -0.337 e. The van der Waals surface area contributed by atoms with Crippen molar-refractivity contribution in [3.8, 4) is 33.9 Å². The van der Waals surface area contributed by atoms with Crippen LogP contribution in [-0.2, 0) is 14.1 Å². The molecule has 0 bridgehead atoms. The summed E-state index contributed by atoms with van der Waals surface area (Å²) in [7, 11) is 3.47. The fraction of sp³-hybridized carbons (Fsp3) is 0.0870. The molecule has 6 nitrogen and oxygen atoms in total. The lowest BCUT2D eigenvalue weighted by Gasteiger charge is -2.05. The van der Waals surface area contributed by atoms with Crippen molar-refractivity contribution in [3.63, 3.8) is 0 Å². The molecule has 0 radical (unpaired) electrons. The fourth-order valence-electron chi connectivity index (χ4n) is 3.73. The largest absolute Gasteiger partial charge is 0.337 e. The van der Waals surface area contributed by atoms with Gasteiger partial charge in [-0.05, 0) is 36.4 Å². The molecular weight excluding hydrogens is 381 g/mol. The number of halogens is 1. The Bertz CT molecular complexity index is 1450. The Hall–Kier alpha value is -4.00. The van der Waals surface area contributed by atoms with E-state index in [2.05, 4.69) is 9.97 Å². The predicted molar refractivity (Wildman–Crippen MR) is 114 cm³/mol. The molecule has 30 heavy (non-hydrogen) atoms. The second kappa shape index (κ2) is 6.81. The van der Waals surface area contributed by atoms with E-state index in [-0.39, 0.29) is 11.5 Å². The van der Waals surface area contributed by atoms with Crippen LogP contribution in [0.2, 0.25) is 0 Å². The highest BCUT2D eigenvalue weighted by Crippen LogP contribution is 2.35. The van der Waals surface area contributed by atoms with Crippen LogP contribution in [0.3, 0.4) is 0 Å². The smallest absolute Gasteiger partial charge is 0.328 e. The number of nitrogens with one attached hydrogen (secondary N) is 1. The van der Waals surface area contributed by atoms with Crippen LogP contribution in [0.5, 0.6) is 0 Å². The van der Waals surface area contributed by atoms with Crippen LogP contribution in [0, 0.1) is 5.82 Å². The van der Waals surface area contributed by atoms with Crippen LogP contribution in [0.4, 0.5) is 4.39 Å². The van der Waals surface area contributed by atoms with Gasteiger partial charge in [-0.3, -0.25) is 14.1 Å². The number of rotatable bonds is 3. The van der Waals surface area contributed by atoms with E-state index in [1.54, 1.807) is 53.8 Å². The van der Waals surface area contributed by atoms with Crippen molar-refractivity contribution < 1.29 is 4.39 Å². The van der Waals surface area contributed by atoms with E-state index in [9.17, 15) is 9.18 Å². The van der Waals surface area contributed by atoms with E-state index in [1.165, 1.54) is 6.07 Å². The predicted octanol–water partition coefficient (Wildman–Crippen LogP) is 4.14. The number of aromatic nitrogens is 5. The first kappa shape index (κ1) is 18.1. The van der Waals surface area contributed by atoms with Gasteiger partial charge in [0.15, 0.2) is 0 Å². The quantitative estimate of drug-likeness (QED) is 0.496. The molecule has 5 rings (SSSR count). The molecule has 0 aliphatic carbocycles. The van der Waals surface area contributed by atoms with Gasteiger partial charge in [-0.2, -0.15) is 0 Å². The normalized spacial score (nSPS) is 11.3. The fourth-order valence-corrected chi connectivity index (χ4v) is 3.73. The zero-order valence-corrected chi connectivity index (χ0v) is 16.4. The maximum atomic E-state index is 14.6. The van der Waals surface area contributed by atoms with Crippen molar-refractivity contribution in [2.75, 3.05) is 0 Å². The summed E-state index contributed by atoms with van der Waals surface area (Å²) in [6.07, 6.45) is 3.40. The van der Waals surface area contributed by atoms with Gasteiger partial charge in [0, 0.05) is 43.2 Å². The molecule has 0 aliphatic rings. The molecule has 0 unspecified atom stereocenters. The average molecular weight is 399 g/mol. The van der Waals surface area contributed by atoms with Crippen molar-refractivity contribution in [2.45, 2.75) is 0 Å². The van der Waals surface area contributed by atoms with Gasteiger partial charge in [0.1, 0.15) is 11.6 Å². The first-order valence-electron chi connectivity index (χ1n) is 9.45. The Labute approximate surface area is 171 Å². The topological polar surface area (TPSA) is 68.5 Å². The number of pyridine rings is 1. The highest BCUT2D eigenvalue weighted by atomic mass is 19.1. The van der Waals surface area contributed by atoms with Crippen LogP contribution in [0.15, 0.2) is 71.8 Å². The molecule has 0 saturated heterocycles. The van der Waals surface area contributed by atoms with Crippen LogP contribution >= 0.6 is 0 Å². The molecule has 3 aromatic heterocycles. The third kappa shape index (κ3) is 2.75. The van der Waals surface area contributed by atoms with E-state index in [0.29, 0.717) is 22.8 Å². The molecule has 5 aromatic rings. The van der Waals surface area contributed by atoms with Crippen LogP contribution in [0.25, 0.3) is 44.9 Å². The Balaban J connectivity index is 1.78. The highest BCUT2D eigenvalue weighted by molar-refractivity contribution is 5.87. The van der Waals surface area contributed by atoms with E-state index < -0.39 is 0 Å². The standard InChI is InChI=1S/C23H18FN5O/c1-28-18-10-9-14(12-19(18)29(2)23(28)30)20-21(16-7-3-4-8-17(16)24)27-22(26-20)15-6-5-11-25-13-15/h3-13H,1-2H3,(H,26,27).